The average Bonchev–Trinajstić information content (AvgIpc) is 2.62. The number of hydrogen-bond donors (Lipinski definition) is 2. The van der Waals surface area contributed by atoms with Crippen molar-refractivity contribution in [3.05, 3.63) is 52.7 Å². The van der Waals surface area contributed by atoms with E-state index < -0.39 is 0 Å². The van der Waals surface area contributed by atoms with Crippen LogP contribution in [0.25, 0.3) is 0 Å². The Kier molecular flexibility index (Phi) is 3.79. The van der Waals surface area contributed by atoms with Gasteiger partial charge in [-0.15, -0.1) is 0 Å². The molecule has 0 aliphatic heterocycles. The molecule has 0 aromatic carbocycles. The number of rotatable bonds is 4. The summed E-state index contributed by atoms with van der Waals surface area (Å²) >= 11 is 0. The van der Waals surface area contributed by atoms with Gasteiger partial charge in [-0.1, -0.05) is 6.07 Å². The zero-order chi connectivity index (χ0) is 13.1. The van der Waals surface area contributed by atoms with Crippen LogP contribution in [0.15, 0.2) is 28.8 Å². The molecule has 2 rings (SSSR count). The van der Waals surface area contributed by atoms with Gasteiger partial charge in [-0.25, -0.2) is 0 Å². The molecule has 0 fully saturated rings. The summed E-state index contributed by atoms with van der Waals surface area (Å²) < 4.78 is 5.65. The fourth-order valence-corrected chi connectivity index (χ4v) is 2.29. The SMILES string of the molecule is Cc1oc(C)c(C(Cc2ccccn2)NN)c1C. The van der Waals surface area contributed by atoms with Crippen LogP contribution in [0.5, 0.6) is 0 Å². The maximum Gasteiger partial charge on any atom is 0.106 e. The third-order valence-corrected chi connectivity index (χ3v) is 3.31. The summed E-state index contributed by atoms with van der Waals surface area (Å²) in [5, 5.41) is 0. The lowest BCUT2D eigenvalue weighted by atomic mass is 9.98. The van der Waals surface area contributed by atoms with E-state index in [0.29, 0.717) is 0 Å². The van der Waals surface area contributed by atoms with Gasteiger partial charge < -0.3 is 4.42 Å². The van der Waals surface area contributed by atoms with Gasteiger partial charge in [-0.3, -0.25) is 16.3 Å². The molecule has 2 aromatic heterocycles. The molecule has 0 aliphatic carbocycles. The van der Waals surface area contributed by atoms with Crippen molar-refractivity contribution in [2.45, 2.75) is 33.2 Å². The molecule has 3 N–H and O–H groups in total. The normalized spacial score (nSPS) is 12.7. The summed E-state index contributed by atoms with van der Waals surface area (Å²) in [5.74, 6) is 7.55. The number of aryl methyl sites for hydroxylation is 2. The van der Waals surface area contributed by atoms with Crippen LogP contribution < -0.4 is 11.3 Å². The van der Waals surface area contributed by atoms with Gasteiger partial charge in [0.2, 0.25) is 0 Å². The van der Waals surface area contributed by atoms with E-state index in [4.69, 9.17) is 10.3 Å². The molecule has 4 heteroatoms. The Morgan fingerprint density at radius 3 is 2.56 bits per heavy atom. The first-order valence-electron chi connectivity index (χ1n) is 6.06. The minimum Gasteiger partial charge on any atom is -0.466 e. The van der Waals surface area contributed by atoms with Crippen molar-refractivity contribution in [2.24, 2.45) is 5.84 Å². The van der Waals surface area contributed by atoms with Crippen LogP contribution in [0.2, 0.25) is 0 Å². The number of hydrogen-bond acceptors (Lipinski definition) is 4. The molecule has 0 aliphatic rings. The Balaban J connectivity index is 2.29. The number of aromatic nitrogens is 1. The first kappa shape index (κ1) is 12.8. The molecule has 0 saturated carbocycles. The van der Waals surface area contributed by atoms with Gasteiger partial charge in [0.15, 0.2) is 0 Å². The maximum absolute atomic E-state index is 5.68. The number of nitrogens with two attached hydrogens (primary N) is 1. The van der Waals surface area contributed by atoms with E-state index in [1.807, 2.05) is 32.0 Å². The molecule has 2 heterocycles. The number of furan rings is 1. The van der Waals surface area contributed by atoms with Crippen molar-refractivity contribution < 1.29 is 4.42 Å². The van der Waals surface area contributed by atoms with E-state index >= 15 is 0 Å². The van der Waals surface area contributed by atoms with Crippen LogP contribution in [0.4, 0.5) is 0 Å². The summed E-state index contributed by atoms with van der Waals surface area (Å²) in [6, 6.07) is 5.92. The van der Waals surface area contributed by atoms with E-state index in [0.717, 1.165) is 34.8 Å². The fourth-order valence-electron chi connectivity index (χ4n) is 2.29. The predicted octanol–water partition coefficient (Wildman–Crippen LogP) is 2.35. The molecule has 0 radical (unpaired) electrons. The first-order valence-corrected chi connectivity index (χ1v) is 6.06. The standard InChI is InChI=1S/C14H19N3O/c1-9-10(2)18-11(3)14(9)13(17-15)8-12-6-4-5-7-16-12/h4-7,13,17H,8,15H2,1-3H3. The van der Waals surface area contributed by atoms with Crippen LogP contribution >= 0.6 is 0 Å². The van der Waals surface area contributed by atoms with E-state index in [1.165, 1.54) is 0 Å². The summed E-state index contributed by atoms with van der Waals surface area (Å²) in [6.45, 7) is 6.00. The predicted molar refractivity (Wildman–Crippen MR) is 70.9 cm³/mol. The van der Waals surface area contributed by atoms with Crippen LogP contribution in [0, 0.1) is 20.8 Å². The minimum absolute atomic E-state index is 0.0253. The van der Waals surface area contributed by atoms with Crippen molar-refractivity contribution in [2.75, 3.05) is 0 Å². The second kappa shape index (κ2) is 5.33. The molecule has 0 bridgehead atoms. The smallest absolute Gasteiger partial charge is 0.106 e. The van der Waals surface area contributed by atoms with Gasteiger partial charge in [0.05, 0.1) is 6.04 Å². The quantitative estimate of drug-likeness (QED) is 0.641. The van der Waals surface area contributed by atoms with Gasteiger partial charge >= 0.3 is 0 Å². The topological polar surface area (TPSA) is 64.1 Å². The van der Waals surface area contributed by atoms with Crippen LogP contribution in [0.1, 0.15) is 34.4 Å². The van der Waals surface area contributed by atoms with Crippen LogP contribution in [-0.4, -0.2) is 4.98 Å². The van der Waals surface area contributed by atoms with Gasteiger partial charge in [-0.05, 0) is 38.5 Å². The number of nitrogens with zero attached hydrogens (tertiary/aromatic N) is 1. The molecule has 0 saturated heterocycles. The van der Waals surface area contributed by atoms with Gasteiger partial charge in [0, 0.05) is 23.9 Å². The lowest BCUT2D eigenvalue weighted by Gasteiger charge is -2.16. The van der Waals surface area contributed by atoms with E-state index in [2.05, 4.69) is 17.3 Å². The number of nitrogens with one attached hydrogen (secondary N) is 1. The van der Waals surface area contributed by atoms with Crippen LogP contribution in [0.3, 0.4) is 0 Å². The number of pyridine rings is 1. The fraction of sp³-hybridized carbons (Fsp3) is 0.357. The van der Waals surface area contributed by atoms with Crippen LogP contribution in [-0.2, 0) is 6.42 Å². The largest absolute Gasteiger partial charge is 0.466 e. The molecular weight excluding hydrogens is 226 g/mol. The van der Waals surface area contributed by atoms with Gasteiger partial charge in [0.25, 0.3) is 0 Å². The van der Waals surface area contributed by atoms with Crippen molar-refractivity contribution in [1.29, 1.82) is 0 Å². The Morgan fingerprint density at radius 1 is 1.28 bits per heavy atom. The average molecular weight is 245 g/mol. The van der Waals surface area contributed by atoms with Crippen molar-refractivity contribution >= 4 is 0 Å². The van der Waals surface area contributed by atoms with Crippen molar-refractivity contribution in [3.8, 4) is 0 Å². The molecule has 1 unspecified atom stereocenters. The molecule has 4 nitrogen and oxygen atoms in total. The summed E-state index contributed by atoms with van der Waals surface area (Å²) in [4.78, 5) is 4.33. The second-order valence-electron chi connectivity index (χ2n) is 4.50. The van der Waals surface area contributed by atoms with Gasteiger partial charge in [-0.2, -0.15) is 0 Å². The summed E-state index contributed by atoms with van der Waals surface area (Å²) in [5.41, 5.74) is 6.17. The van der Waals surface area contributed by atoms with E-state index in [9.17, 15) is 0 Å². The van der Waals surface area contributed by atoms with E-state index in [1.54, 1.807) is 6.20 Å². The number of hydrazine groups is 1. The molecule has 0 amide bonds. The maximum atomic E-state index is 5.68. The molecule has 2 aromatic rings. The third-order valence-electron chi connectivity index (χ3n) is 3.31. The highest BCUT2D eigenvalue weighted by atomic mass is 16.3. The zero-order valence-electron chi connectivity index (χ0n) is 11.0. The Labute approximate surface area is 107 Å². The lowest BCUT2D eigenvalue weighted by molar-refractivity contribution is 0.483. The Hall–Kier alpha value is -1.65. The van der Waals surface area contributed by atoms with Crippen molar-refractivity contribution in [3.63, 3.8) is 0 Å². The highest BCUT2D eigenvalue weighted by Gasteiger charge is 2.20. The third kappa shape index (κ3) is 2.44. The van der Waals surface area contributed by atoms with Gasteiger partial charge in [0.1, 0.15) is 11.5 Å². The molecule has 96 valence electrons. The molecule has 18 heavy (non-hydrogen) atoms. The molecule has 1 atom stereocenters. The first-order chi connectivity index (χ1) is 8.63. The summed E-state index contributed by atoms with van der Waals surface area (Å²) in [6.07, 6.45) is 2.54. The zero-order valence-corrected chi connectivity index (χ0v) is 11.0. The van der Waals surface area contributed by atoms with E-state index in [-0.39, 0.29) is 6.04 Å². The minimum atomic E-state index is 0.0253. The Bertz CT molecular complexity index is 519. The Morgan fingerprint density at radius 2 is 2.06 bits per heavy atom. The van der Waals surface area contributed by atoms with Crippen molar-refractivity contribution in [1.82, 2.24) is 10.4 Å². The molecule has 0 spiro atoms. The lowest BCUT2D eigenvalue weighted by Crippen LogP contribution is -2.30. The monoisotopic (exact) mass is 245 g/mol. The second-order valence-corrected chi connectivity index (χ2v) is 4.50. The highest BCUT2D eigenvalue weighted by Crippen LogP contribution is 2.28. The summed E-state index contributed by atoms with van der Waals surface area (Å²) in [7, 11) is 0. The molecular formula is C14H19N3O. The highest BCUT2D eigenvalue weighted by molar-refractivity contribution is 5.35.